The van der Waals surface area contributed by atoms with E-state index >= 15 is 0 Å². The van der Waals surface area contributed by atoms with Crippen molar-refractivity contribution in [1.29, 1.82) is 0 Å². The second-order valence-corrected chi connectivity index (χ2v) is 10.4. The van der Waals surface area contributed by atoms with Crippen molar-refractivity contribution in [2.24, 2.45) is 0 Å². The second kappa shape index (κ2) is 9.39. The van der Waals surface area contributed by atoms with Crippen LogP contribution in [0.3, 0.4) is 0 Å². The molecule has 39 heavy (non-hydrogen) atoms. The molecule has 186 valence electrons. The van der Waals surface area contributed by atoms with Crippen LogP contribution in [-0.2, 0) is 0 Å². The standard InChI is InChI=1S/C34H20Cl2N2O/c35-26-14-9-21(10-15-26)31(39)18-13-25-20-38(28-6-2-5-27(36)19-28)37-34(25)30-17-12-24-8-7-22-3-1-4-23-11-16-29(30)33(24)32(22)23/h1-20H/b18-13+. The number of ketones is 1. The molecule has 1 aromatic heterocycles. The lowest BCUT2D eigenvalue weighted by Crippen LogP contribution is -1.95. The summed E-state index contributed by atoms with van der Waals surface area (Å²) in [5, 5.41) is 13.4. The summed E-state index contributed by atoms with van der Waals surface area (Å²) in [5.74, 6) is -0.108. The molecule has 0 amide bonds. The van der Waals surface area contributed by atoms with Crippen LogP contribution in [0.15, 0.2) is 115 Å². The molecule has 1 heterocycles. The number of hydrogen-bond donors (Lipinski definition) is 0. The molecule has 0 saturated heterocycles. The summed E-state index contributed by atoms with van der Waals surface area (Å²) < 4.78 is 1.81. The van der Waals surface area contributed by atoms with Gasteiger partial charge in [0, 0.05) is 32.9 Å². The zero-order valence-electron chi connectivity index (χ0n) is 20.6. The summed E-state index contributed by atoms with van der Waals surface area (Å²) in [6, 6.07) is 33.8. The molecule has 7 aromatic rings. The highest BCUT2D eigenvalue weighted by Crippen LogP contribution is 2.40. The van der Waals surface area contributed by atoms with Crippen molar-refractivity contribution in [1.82, 2.24) is 9.78 Å². The molecule has 7 rings (SSSR count). The molecule has 0 radical (unpaired) electrons. The van der Waals surface area contributed by atoms with Gasteiger partial charge in [-0.15, -0.1) is 0 Å². The SMILES string of the molecule is O=C(/C=C/c1cn(-c2cccc(Cl)c2)nc1-c1ccc2ccc3cccc4ccc1c2c34)c1ccc(Cl)cc1. The first-order valence-electron chi connectivity index (χ1n) is 12.6. The lowest BCUT2D eigenvalue weighted by Gasteiger charge is -2.13. The molecule has 0 unspecified atom stereocenters. The van der Waals surface area contributed by atoms with Crippen molar-refractivity contribution in [2.45, 2.75) is 0 Å². The first-order chi connectivity index (χ1) is 19.0. The highest BCUT2D eigenvalue weighted by molar-refractivity contribution is 6.31. The predicted molar refractivity (Wildman–Crippen MR) is 163 cm³/mol. The molecule has 6 aromatic carbocycles. The number of benzene rings is 6. The van der Waals surface area contributed by atoms with E-state index in [1.165, 1.54) is 26.9 Å². The number of nitrogens with zero attached hydrogens (tertiary/aromatic N) is 2. The third-order valence-corrected chi connectivity index (χ3v) is 7.63. The lowest BCUT2D eigenvalue weighted by atomic mass is 9.90. The van der Waals surface area contributed by atoms with Crippen LogP contribution >= 0.6 is 23.2 Å². The number of carbonyl (C=O) groups excluding carboxylic acids is 1. The maximum atomic E-state index is 13.0. The van der Waals surface area contributed by atoms with Gasteiger partial charge >= 0.3 is 0 Å². The summed E-state index contributed by atoms with van der Waals surface area (Å²) >= 11 is 12.3. The van der Waals surface area contributed by atoms with Crippen LogP contribution in [0.2, 0.25) is 10.0 Å². The molecule has 0 bridgehead atoms. The van der Waals surface area contributed by atoms with E-state index in [1.54, 1.807) is 30.3 Å². The van der Waals surface area contributed by atoms with E-state index in [1.807, 2.05) is 41.2 Å². The van der Waals surface area contributed by atoms with E-state index in [-0.39, 0.29) is 5.78 Å². The number of allylic oxidation sites excluding steroid dienone is 1. The zero-order valence-corrected chi connectivity index (χ0v) is 22.1. The van der Waals surface area contributed by atoms with Crippen LogP contribution in [0.4, 0.5) is 0 Å². The minimum Gasteiger partial charge on any atom is -0.289 e. The van der Waals surface area contributed by atoms with Crippen LogP contribution in [0.5, 0.6) is 0 Å². The van der Waals surface area contributed by atoms with Crippen molar-refractivity contribution in [3.8, 4) is 16.9 Å². The van der Waals surface area contributed by atoms with Crippen molar-refractivity contribution in [3.63, 3.8) is 0 Å². The van der Waals surface area contributed by atoms with Crippen LogP contribution in [-0.4, -0.2) is 15.6 Å². The Morgan fingerprint density at radius 2 is 1.41 bits per heavy atom. The smallest absolute Gasteiger partial charge is 0.185 e. The average molecular weight is 543 g/mol. The molecule has 0 atom stereocenters. The fraction of sp³-hybridized carbons (Fsp3) is 0. The summed E-state index contributed by atoms with van der Waals surface area (Å²) in [4.78, 5) is 13.0. The van der Waals surface area contributed by atoms with Crippen LogP contribution < -0.4 is 0 Å². The van der Waals surface area contributed by atoms with E-state index in [2.05, 4.69) is 54.6 Å². The first kappa shape index (κ1) is 23.7. The molecule has 0 spiro atoms. The minimum atomic E-state index is -0.108. The van der Waals surface area contributed by atoms with Crippen molar-refractivity contribution < 1.29 is 4.79 Å². The molecule has 5 heteroatoms. The molecule has 0 N–H and O–H groups in total. The van der Waals surface area contributed by atoms with E-state index in [4.69, 9.17) is 28.3 Å². The van der Waals surface area contributed by atoms with Gasteiger partial charge in [-0.2, -0.15) is 5.10 Å². The highest BCUT2D eigenvalue weighted by Gasteiger charge is 2.17. The largest absolute Gasteiger partial charge is 0.289 e. The van der Waals surface area contributed by atoms with E-state index in [9.17, 15) is 4.79 Å². The van der Waals surface area contributed by atoms with Crippen molar-refractivity contribution >= 4 is 67.4 Å². The Kier molecular flexibility index (Phi) is 5.70. The maximum absolute atomic E-state index is 13.0. The van der Waals surface area contributed by atoms with Gasteiger partial charge in [0.15, 0.2) is 5.78 Å². The number of halogens is 2. The molecule has 0 fully saturated rings. The van der Waals surface area contributed by atoms with Gasteiger partial charge in [-0.25, -0.2) is 4.68 Å². The third-order valence-electron chi connectivity index (χ3n) is 7.14. The fourth-order valence-electron chi connectivity index (χ4n) is 5.29. The Morgan fingerprint density at radius 3 is 2.18 bits per heavy atom. The molecule has 0 aliphatic carbocycles. The Balaban J connectivity index is 1.43. The number of hydrogen-bond acceptors (Lipinski definition) is 2. The van der Waals surface area contributed by atoms with Gasteiger partial charge in [0.2, 0.25) is 0 Å². The van der Waals surface area contributed by atoms with Gasteiger partial charge in [-0.3, -0.25) is 4.79 Å². The zero-order chi connectivity index (χ0) is 26.5. The van der Waals surface area contributed by atoms with Gasteiger partial charge in [0.1, 0.15) is 5.69 Å². The summed E-state index contributed by atoms with van der Waals surface area (Å²) in [7, 11) is 0. The fourth-order valence-corrected chi connectivity index (χ4v) is 5.60. The monoisotopic (exact) mass is 542 g/mol. The van der Waals surface area contributed by atoms with Crippen LogP contribution in [0.25, 0.3) is 55.3 Å². The Hall–Kier alpha value is -4.44. The van der Waals surface area contributed by atoms with Gasteiger partial charge in [0.25, 0.3) is 0 Å². The van der Waals surface area contributed by atoms with Gasteiger partial charge in [0.05, 0.1) is 5.69 Å². The predicted octanol–water partition coefficient (Wildman–Crippen LogP) is 9.64. The molecular formula is C34H20Cl2N2O. The number of carbonyl (C=O) groups is 1. The molecule has 0 aliphatic rings. The van der Waals surface area contributed by atoms with Crippen LogP contribution in [0, 0.1) is 0 Å². The van der Waals surface area contributed by atoms with E-state index < -0.39 is 0 Å². The summed E-state index contributed by atoms with van der Waals surface area (Å²) in [6.07, 6.45) is 5.35. The molecule has 3 nitrogen and oxygen atoms in total. The molecular weight excluding hydrogens is 523 g/mol. The average Bonchev–Trinajstić information content (AvgIpc) is 3.39. The lowest BCUT2D eigenvalue weighted by molar-refractivity contribution is 0.104. The second-order valence-electron chi connectivity index (χ2n) is 9.53. The summed E-state index contributed by atoms with van der Waals surface area (Å²) in [5.41, 5.74) is 4.02. The first-order valence-corrected chi connectivity index (χ1v) is 13.3. The minimum absolute atomic E-state index is 0.108. The highest BCUT2D eigenvalue weighted by atomic mass is 35.5. The molecule has 0 aliphatic heterocycles. The Morgan fingerprint density at radius 1 is 0.718 bits per heavy atom. The van der Waals surface area contributed by atoms with E-state index in [0.717, 1.165) is 27.9 Å². The normalized spacial score (nSPS) is 11.8. The van der Waals surface area contributed by atoms with Gasteiger partial charge in [-0.1, -0.05) is 83.9 Å². The number of aromatic nitrogens is 2. The Bertz CT molecular complexity index is 2040. The van der Waals surface area contributed by atoms with Gasteiger partial charge in [-0.05, 0) is 86.9 Å². The third kappa shape index (κ3) is 4.17. The topological polar surface area (TPSA) is 34.9 Å². The van der Waals surface area contributed by atoms with Gasteiger partial charge < -0.3 is 0 Å². The van der Waals surface area contributed by atoms with Crippen molar-refractivity contribution in [3.05, 3.63) is 137 Å². The summed E-state index contributed by atoms with van der Waals surface area (Å²) in [6.45, 7) is 0. The molecule has 0 saturated carbocycles. The van der Waals surface area contributed by atoms with Crippen LogP contribution in [0.1, 0.15) is 15.9 Å². The van der Waals surface area contributed by atoms with E-state index in [0.29, 0.717) is 15.6 Å². The quantitative estimate of drug-likeness (QED) is 0.123. The number of rotatable bonds is 5. The Labute approximate surface area is 234 Å². The van der Waals surface area contributed by atoms with Crippen molar-refractivity contribution in [2.75, 3.05) is 0 Å². The maximum Gasteiger partial charge on any atom is 0.185 e.